The molecule has 1 saturated carbocycles. The number of nitrogens with zero attached hydrogens (tertiary/aromatic N) is 1. The molecule has 3 rings (SSSR count). The normalized spacial score (nSPS) is 24.7. The third-order valence-corrected chi connectivity index (χ3v) is 6.97. The molecule has 1 heterocycles. The van der Waals surface area contributed by atoms with E-state index in [1.807, 2.05) is 20.8 Å². The van der Waals surface area contributed by atoms with Gasteiger partial charge >= 0.3 is 5.97 Å². The number of carbonyl (C=O) groups excluding carboxylic acids is 4. The average Bonchev–Trinajstić information content (AvgIpc) is 2.89. The van der Waals surface area contributed by atoms with Gasteiger partial charge in [0.2, 0.25) is 17.7 Å². The number of ether oxygens (including phenoxy) is 1. The summed E-state index contributed by atoms with van der Waals surface area (Å²) in [4.78, 5) is 51.1. The molecule has 1 N–H and O–H groups in total. The monoisotopic (exact) mass is 414 g/mol. The van der Waals surface area contributed by atoms with Crippen molar-refractivity contribution in [2.24, 2.45) is 16.7 Å². The Balaban J connectivity index is 1.52. The van der Waals surface area contributed by atoms with Crippen LogP contribution in [0.4, 0.5) is 5.69 Å². The van der Waals surface area contributed by atoms with Crippen molar-refractivity contribution in [2.75, 3.05) is 18.5 Å². The van der Waals surface area contributed by atoms with Gasteiger partial charge in [-0.2, -0.15) is 0 Å². The molecule has 2 fully saturated rings. The Kier molecular flexibility index (Phi) is 6.01. The maximum atomic E-state index is 13.0. The van der Waals surface area contributed by atoms with E-state index in [2.05, 4.69) is 5.32 Å². The van der Waals surface area contributed by atoms with E-state index >= 15 is 0 Å². The Hall–Kier alpha value is -2.70. The number of imide groups is 1. The summed E-state index contributed by atoms with van der Waals surface area (Å²) in [5.74, 6) is -0.953. The smallest absolute Gasteiger partial charge is 0.338 e. The van der Waals surface area contributed by atoms with Crippen LogP contribution in [0.3, 0.4) is 0 Å². The summed E-state index contributed by atoms with van der Waals surface area (Å²) < 4.78 is 4.93. The SMILES string of the molecule is CCOC(=O)c1ccc(NC(=O)CCCN2C(=O)C3CCC(C)(C2=O)C3(C)C)cc1. The van der Waals surface area contributed by atoms with Gasteiger partial charge in [-0.15, -0.1) is 0 Å². The van der Waals surface area contributed by atoms with E-state index in [9.17, 15) is 19.2 Å². The zero-order valence-corrected chi connectivity index (χ0v) is 18.1. The van der Waals surface area contributed by atoms with Crippen molar-refractivity contribution < 1.29 is 23.9 Å². The van der Waals surface area contributed by atoms with Gasteiger partial charge in [-0.05, 0) is 55.9 Å². The van der Waals surface area contributed by atoms with Crippen molar-refractivity contribution in [1.29, 1.82) is 0 Å². The van der Waals surface area contributed by atoms with Crippen molar-refractivity contribution in [3.63, 3.8) is 0 Å². The zero-order valence-electron chi connectivity index (χ0n) is 18.1. The van der Waals surface area contributed by atoms with Crippen LogP contribution in [0.1, 0.15) is 63.7 Å². The summed E-state index contributed by atoms with van der Waals surface area (Å²) in [5, 5.41) is 2.77. The lowest BCUT2D eigenvalue weighted by molar-refractivity contribution is -0.168. The first-order chi connectivity index (χ1) is 14.1. The highest BCUT2D eigenvalue weighted by molar-refractivity contribution is 6.03. The third kappa shape index (κ3) is 3.73. The second-order valence-corrected chi connectivity index (χ2v) is 8.89. The number of rotatable bonds is 7. The van der Waals surface area contributed by atoms with E-state index in [1.54, 1.807) is 31.2 Å². The fourth-order valence-corrected chi connectivity index (χ4v) is 4.64. The van der Waals surface area contributed by atoms with E-state index in [0.717, 1.165) is 12.8 Å². The Labute approximate surface area is 177 Å². The predicted octanol–water partition coefficient (Wildman–Crippen LogP) is 3.39. The number of piperidine rings is 1. The van der Waals surface area contributed by atoms with Crippen molar-refractivity contribution in [2.45, 2.75) is 53.4 Å². The van der Waals surface area contributed by atoms with Crippen molar-refractivity contribution in [1.82, 2.24) is 4.90 Å². The minimum Gasteiger partial charge on any atom is -0.462 e. The van der Waals surface area contributed by atoms with Gasteiger partial charge in [0, 0.05) is 24.6 Å². The number of benzene rings is 1. The van der Waals surface area contributed by atoms with Crippen LogP contribution in [0.2, 0.25) is 0 Å². The Morgan fingerprint density at radius 1 is 1.17 bits per heavy atom. The molecule has 30 heavy (non-hydrogen) atoms. The van der Waals surface area contributed by atoms with Crippen molar-refractivity contribution in [3.8, 4) is 0 Å². The molecule has 2 aliphatic rings. The fourth-order valence-electron chi connectivity index (χ4n) is 4.64. The molecule has 1 aliphatic carbocycles. The number of fused-ring (bicyclic) bond motifs is 2. The maximum Gasteiger partial charge on any atom is 0.338 e. The van der Waals surface area contributed by atoms with E-state index < -0.39 is 11.4 Å². The first-order valence-corrected chi connectivity index (χ1v) is 10.5. The van der Waals surface area contributed by atoms with Gasteiger partial charge in [0.25, 0.3) is 0 Å². The number of nitrogens with one attached hydrogen (secondary N) is 1. The van der Waals surface area contributed by atoms with Crippen LogP contribution in [0.5, 0.6) is 0 Å². The fraction of sp³-hybridized carbons (Fsp3) is 0.565. The van der Waals surface area contributed by atoms with Crippen molar-refractivity contribution >= 4 is 29.4 Å². The number of carbonyl (C=O) groups is 4. The first-order valence-electron chi connectivity index (χ1n) is 10.5. The van der Waals surface area contributed by atoms with Gasteiger partial charge in [0.1, 0.15) is 0 Å². The lowest BCUT2D eigenvalue weighted by atomic mass is 9.62. The minimum absolute atomic E-state index is 0.102. The molecule has 0 aromatic heterocycles. The lowest BCUT2D eigenvalue weighted by Crippen LogP contribution is -2.59. The van der Waals surface area contributed by atoms with Crippen LogP contribution in [0.15, 0.2) is 24.3 Å². The van der Waals surface area contributed by atoms with Crippen LogP contribution < -0.4 is 5.32 Å². The van der Waals surface area contributed by atoms with Crippen LogP contribution >= 0.6 is 0 Å². The minimum atomic E-state index is -0.519. The van der Waals surface area contributed by atoms with Crippen LogP contribution in [0, 0.1) is 16.7 Å². The summed E-state index contributed by atoms with van der Waals surface area (Å²) in [6.07, 6.45) is 2.08. The third-order valence-electron chi connectivity index (χ3n) is 6.97. The highest BCUT2D eigenvalue weighted by atomic mass is 16.5. The molecule has 2 bridgehead atoms. The lowest BCUT2D eigenvalue weighted by Gasteiger charge is -2.47. The van der Waals surface area contributed by atoms with Crippen LogP contribution in [0.25, 0.3) is 0 Å². The summed E-state index contributed by atoms with van der Waals surface area (Å²) in [7, 11) is 0. The highest BCUT2D eigenvalue weighted by Crippen LogP contribution is 2.60. The predicted molar refractivity (Wildman–Crippen MR) is 112 cm³/mol. The Morgan fingerprint density at radius 3 is 2.47 bits per heavy atom. The molecule has 0 spiro atoms. The van der Waals surface area contributed by atoms with Gasteiger partial charge in [0.05, 0.1) is 17.6 Å². The molecule has 1 aliphatic heterocycles. The number of amides is 3. The van der Waals surface area contributed by atoms with Gasteiger partial charge in [-0.25, -0.2) is 4.79 Å². The quantitative estimate of drug-likeness (QED) is 0.545. The van der Waals surface area contributed by atoms with E-state index in [-0.39, 0.29) is 42.0 Å². The number of likely N-dealkylation sites (tertiary alicyclic amines) is 1. The van der Waals surface area contributed by atoms with Gasteiger partial charge in [0.15, 0.2) is 0 Å². The second kappa shape index (κ2) is 8.20. The van der Waals surface area contributed by atoms with Gasteiger partial charge in [-0.1, -0.05) is 20.8 Å². The first kappa shape index (κ1) is 22.0. The van der Waals surface area contributed by atoms with Gasteiger partial charge in [-0.3, -0.25) is 19.3 Å². The molecule has 1 aromatic carbocycles. The van der Waals surface area contributed by atoms with Crippen molar-refractivity contribution in [3.05, 3.63) is 29.8 Å². The Morgan fingerprint density at radius 2 is 1.83 bits per heavy atom. The average molecular weight is 415 g/mol. The number of esters is 1. The molecule has 2 unspecified atom stereocenters. The highest BCUT2D eigenvalue weighted by Gasteiger charge is 2.64. The number of hydrogen-bond acceptors (Lipinski definition) is 5. The van der Waals surface area contributed by atoms with Crippen LogP contribution in [-0.4, -0.2) is 41.7 Å². The molecular weight excluding hydrogens is 384 g/mol. The molecule has 7 nitrogen and oxygen atoms in total. The van der Waals surface area contributed by atoms with E-state index in [1.165, 1.54) is 4.90 Å². The molecule has 0 radical (unpaired) electrons. The number of anilines is 1. The molecule has 7 heteroatoms. The summed E-state index contributed by atoms with van der Waals surface area (Å²) in [6, 6.07) is 6.47. The van der Waals surface area contributed by atoms with E-state index in [0.29, 0.717) is 24.3 Å². The summed E-state index contributed by atoms with van der Waals surface area (Å²) in [5.41, 5.74) is 0.146. The van der Waals surface area contributed by atoms with E-state index in [4.69, 9.17) is 4.74 Å². The standard InChI is InChI=1S/C23H30N2O5/c1-5-30-20(28)15-8-10-16(11-9-15)24-18(26)7-6-14-25-19(27)17-12-13-23(4,21(25)29)22(17,2)3/h8-11,17H,5-7,12-14H2,1-4H3,(H,24,26). The number of hydrogen-bond donors (Lipinski definition) is 1. The van der Waals surface area contributed by atoms with Gasteiger partial charge < -0.3 is 10.1 Å². The molecular formula is C23H30N2O5. The molecule has 1 aromatic rings. The molecule has 3 amide bonds. The molecule has 1 saturated heterocycles. The Bertz CT molecular complexity index is 861. The topological polar surface area (TPSA) is 92.8 Å². The zero-order chi connectivity index (χ0) is 22.1. The molecule has 162 valence electrons. The largest absolute Gasteiger partial charge is 0.462 e. The molecule has 2 atom stereocenters. The van der Waals surface area contributed by atoms with Crippen LogP contribution in [-0.2, 0) is 19.1 Å². The second-order valence-electron chi connectivity index (χ2n) is 8.89. The summed E-state index contributed by atoms with van der Waals surface area (Å²) in [6.45, 7) is 8.29. The maximum absolute atomic E-state index is 13.0. The summed E-state index contributed by atoms with van der Waals surface area (Å²) >= 11 is 0.